The van der Waals surface area contributed by atoms with Crippen molar-refractivity contribution >= 4 is 23.1 Å². The third-order valence-corrected chi connectivity index (χ3v) is 4.15. The highest BCUT2D eigenvalue weighted by molar-refractivity contribution is 5.70. The number of hydrogen-bond acceptors (Lipinski definition) is 7. The summed E-state index contributed by atoms with van der Waals surface area (Å²) in [6.45, 7) is 3.72. The highest BCUT2D eigenvalue weighted by atomic mass is 15.4. The van der Waals surface area contributed by atoms with Gasteiger partial charge in [-0.2, -0.15) is 4.98 Å². The van der Waals surface area contributed by atoms with Crippen LogP contribution < -0.4 is 27.2 Å². The molecule has 2 aromatic rings. The average molecular weight is 313 g/mol. The van der Waals surface area contributed by atoms with Crippen LogP contribution in [0.5, 0.6) is 0 Å². The Bertz CT molecular complexity index is 663. The lowest BCUT2D eigenvalue weighted by Gasteiger charge is -2.31. The van der Waals surface area contributed by atoms with Crippen molar-refractivity contribution in [3.63, 3.8) is 0 Å². The number of rotatable bonds is 3. The van der Waals surface area contributed by atoms with E-state index in [0.29, 0.717) is 17.5 Å². The van der Waals surface area contributed by atoms with Crippen LogP contribution in [0.15, 0.2) is 30.5 Å². The molecule has 0 amide bonds. The second kappa shape index (κ2) is 6.39. The molecule has 7 heteroatoms. The molecular weight excluding hydrogens is 290 g/mol. The zero-order valence-electron chi connectivity index (χ0n) is 13.3. The lowest BCUT2D eigenvalue weighted by molar-refractivity contribution is 0.495. The lowest BCUT2D eigenvalue weighted by Crippen LogP contribution is -2.40. The topological polar surface area (TPSA) is 110 Å². The summed E-state index contributed by atoms with van der Waals surface area (Å²) in [5, 5.41) is 1.50. The standard InChI is InChI=1S/C16H23N7/c1-11-2-4-13(5-3-11)23(19)15-14(18)10-20-16(21-15)22-8-6-12(17)7-9-22/h2-5,10,12H,6-9,17-19H2,1H3. The van der Waals surface area contributed by atoms with E-state index in [1.165, 1.54) is 10.6 Å². The number of aryl methyl sites for hydroxylation is 1. The number of hydrogen-bond donors (Lipinski definition) is 3. The molecule has 0 atom stereocenters. The van der Waals surface area contributed by atoms with Gasteiger partial charge in [0.2, 0.25) is 5.95 Å². The maximum Gasteiger partial charge on any atom is 0.227 e. The van der Waals surface area contributed by atoms with Crippen LogP contribution in [0.2, 0.25) is 0 Å². The van der Waals surface area contributed by atoms with Gasteiger partial charge >= 0.3 is 0 Å². The summed E-state index contributed by atoms with van der Waals surface area (Å²) in [5.41, 5.74) is 14.4. The van der Waals surface area contributed by atoms with Gasteiger partial charge in [0.05, 0.1) is 17.6 Å². The van der Waals surface area contributed by atoms with Gasteiger partial charge in [0, 0.05) is 19.1 Å². The van der Waals surface area contributed by atoms with Crippen LogP contribution in [0, 0.1) is 6.92 Å². The summed E-state index contributed by atoms with van der Waals surface area (Å²) < 4.78 is 0. The Balaban J connectivity index is 1.86. The molecule has 0 saturated carbocycles. The summed E-state index contributed by atoms with van der Waals surface area (Å²) in [4.78, 5) is 11.0. The van der Waals surface area contributed by atoms with Crippen LogP contribution in [0.3, 0.4) is 0 Å². The Labute approximate surface area is 136 Å². The van der Waals surface area contributed by atoms with E-state index in [2.05, 4.69) is 14.9 Å². The summed E-state index contributed by atoms with van der Waals surface area (Å²) in [7, 11) is 0. The molecule has 2 heterocycles. The second-order valence-electron chi connectivity index (χ2n) is 5.98. The number of benzene rings is 1. The zero-order chi connectivity index (χ0) is 16.4. The van der Waals surface area contributed by atoms with Gasteiger partial charge in [0.25, 0.3) is 0 Å². The fraction of sp³-hybridized carbons (Fsp3) is 0.375. The number of hydrazine groups is 1. The predicted octanol–water partition coefficient (Wildman–Crippen LogP) is 1.31. The second-order valence-corrected chi connectivity index (χ2v) is 5.98. The van der Waals surface area contributed by atoms with Crippen molar-refractivity contribution in [3.05, 3.63) is 36.0 Å². The Morgan fingerprint density at radius 3 is 2.48 bits per heavy atom. The predicted molar refractivity (Wildman–Crippen MR) is 93.4 cm³/mol. The molecule has 23 heavy (non-hydrogen) atoms. The van der Waals surface area contributed by atoms with Gasteiger partial charge in [-0.05, 0) is 31.9 Å². The van der Waals surface area contributed by atoms with Crippen molar-refractivity contribution in [2.45, 2.75) is 25.8 Å². The third kappa shape index (κ3) is 3.35. The van der Waals surface area contributed by atoms with Crippen molar-refractivity contribution in [1.82, 2.24) is 9.97 Å². The van der Waals surface area contributed by atoms with Gasteiger partial charge < -0.3 is 16.4 Å². The molecule has 1 aromatic carbocycles. The molecule has 1 saturated heterocycles. The molecule has 1 fully saturated rings. The molecule has 1 aromatic heterocycles. The first-order valence-electron chi connectivity index (χ1n) is 7.79. The molecular formula is C16H23N7. The van der Waals surface area contributed by atoms with Crippen LogP contribution in [0.4, 0.5) is 23.1 Å². The molecule has 0 radical (unpaired) electrons. The molecule has 0 unspecified atom stereocenters. The van der Waals surface area contributed by atoms with Gasteiger partial charge in [-0.3, -0.25) is 5.01 Å². The van der Waals surface area contributed by atoms with Crippen LogP contribution in [-0.4, -0.2) is 29.1 Å². The Morgan fingerprint density at radius 2 is 1.83 bits per heavy atom. The Kier molecular flexibility index (Phi) is 4.31. The summed E-state index contributed by atoms with van der Waals surface area (Å²) >= 11 is 0. The van der Waals surface area contributed by atoms with Crippen molar-refractivity contribution < 1.29 is 0 Å². The number of nitrogens with two attached hydrogens (primary N) is 3. The highest BCUT2D eigenvalue weighted by Crippen LogP contribution is 2.27. The van der Waals surface area contributed by atoms with E-state index in [0.717, 1.165) is 31.6 Å². The SMILES string of the molecule is Cc1ccc(N(N)c2nc(N3CCC(N)CC3)ncc2N)cc1. The molecule has 6 N–H and O–H groups in total. The number of piperidine rings is 1. The summed E-state index contributed by atoms with van der Waals surface area (Å²) in [5.74, 6) is 7.36. The summed E-state index contributed by atoms with van der Waals surface area (Å²) in [6, 6.07) is 8.14. The molecule has 3 rings (SSSR count). The average Bonchev–Trinajstić information content (AvgIpc) is 2.56. The lowest BCUT2D eigenvalue weighted by atomic mass is 10.1. The van der Waals surface area contributed by atoms with Crippen LogP contribution in [0.25, 0.3) is 0 Å². The quantitative estimate of drug-likeness (QED) is 0.578. The van der Waals surface area contributed by atoms with E-state index < -0.39 is 0 Å². The third-order valence-electron chi connectivity index (χ3n) is 4.15. The van der Waals surface area contributed by atoms with E-state index >= 15 is 0 Å². The minimum Gasteiger partial charge on any atom is -0.394 e. The molecule has 122 valence electrons. The first-order valence-corrected chi connectivity index (χ1v) is 7.79. The summed E-state index contributed by atoms with van der Waals surface area (Å²) in [6.07, 6.45) is 3.49. The van der Waals surface area contributed by atoms with Crippen molar-refractivity contribution in [2.24, 2.45) is 11.6 Å². The normalized spacial score (nSPS) is 15.7. The number of nitrogen functional groups attached to an aromatic ring is 1. The van der Waals surface area contributed by atoms with Crippen molar-refractivity contribution in [3.8, 4) is 0 Å². The number of anilines is 4. The Hall–Kier alpha value is -2.38. The van der Waals surface area contributed by atoms with E-state index in [4.69, 9.17) is 17.3 Å². The molecule has 7 nitrogen and oxygen atoms in total. The fourth-order valence-electron chi connectivity index (χ4n) is 2.65. The molecule has 1 aliphatic rings. The minimum atomic E-state index is 0.262. The van der Waals surface area contributed by atoms with Gasteiger partial charge in [0.1, 0.15) is 0 Å². The number of nitrogens with zero attached hydrogens (tertiary/aromatic N) is 4. The van der Waals surface area contributed by atoms with Crippen LogP contribution in [-0.2, 0) is 0 Å². The largest absolute Gasteiger partial charge is 0.394 e. The Morgan fingerprint density at radius 1 is 1.17 bits per heavy atom. The van der Waals surface area contributed by atoms with Crippen LogP contribution in [0.1, 0.15) is 18.4 Å². The number of aromatic nitrogens is 2. The zero-order valence-corrected chi connectivity index (χ0v) is 13.3. The van der Waals surface area contributed by atoms with Gasteiger partial charge in [-0.1, -0.05) is 17.7 Å². The van der Waals surface area contributed by atoms with Crippen molar-refractivity contribution in [1.29, 1.82) is 0 Å². The van der Waals surface area contributed by atoms with E-state index in [9.17, 15) is 0 Å². The molecule has 0 spiro atoms. The van der Waals surface area contributed by atoms with Gasteiger partial charge in [-0.25, -0.2) is 10.8 Å². The first kappa shape index (κ1) is 15.5. The van der Waals surface area contributed by atoms with Gasteiger partial charge in [-0.15, -0.1) is 0 Å². The van der Waals surface area contributed by atoms with Crippen LogP contribution >= 0.6 is 0 Å². The molecule has 1 aliphatic heterocycles. The van der Waals surface area contributed by atoms with E-state index in [1.807, 2.05) is 31.2 Å². The van der Waals surface area contributed by atoms with E-state index in [1.54, 1.807) is 6.20 Å². The van der Waals surface area contributed by atoms with Gasteiger partial charge in [0.15, 0.2) is 5.82 Å². The van der Waals surface area contributed by atoms with E-state index in [-0.39, 0.29) is 6.04 Å². The monoisotopic (exact) mass is 313 g/mol. The maximum absolute atomic E-state index is 6.21. The maximum atomic E-state index is 6.21. The first-order chi connectivity index (χ1) is 11.0. The fourth-order valence-corrected chi connectivity index (χ4v) is 2.65. The minimum absolute atomic E-state index is 0.262. The smallest absolute Gasteiger partial charge is 0.227 e. The molecule has 0 bridgehead atoms. The van der Waals surface area contributed by atoms with Crippen molar-refractivity contribution in [2.75, 3.05) is 28.7 Å². The molecule has 0 aliphatic carbocycles. The highest BCUT2D eigenvalue weighted by Gasteiger charge is 2.20.